The van der Waals surface area contributed by atoms with Gasteiger partial charge in [-0.25, -0.2) is 4.68 Å². The van der Waals surface area contributed by atoms with Crippen LogP contribution in [-0.2, 0) is 0 Å². The van der Waals surface area contributed by atoms with Crippen LogP contribution in [0.2, 0.25) is 0 Å². The highest BCUT2D eigenvalue weighted by Gasteiger charge is 2.09. The van der Waals surface area contributed by atoms with Crippen molar-refractivity contribution < 1.29 is 14.2 Å². The fourth-order valence-corrected chi connectivity index (χ4v) is 2.93. The van der Waals surface area contributed by atoms with E-state index in [9.17, 15) is 0 Å². The normalized spacial score (nSPS) is 11.2. The van der Waals surface area contributed by atoms with Crippen molar-refractivity contribution >= 4 is 6.21 Å². The number of hydrogen-bond acceptors (Lipinski definition) is 6. The summed E-state index contributed by atoms with van der Waals surface area (Å²) in [6.07, 6.45) is 4.76. The van der Waals surface area contributed by atoms with Gasteiger partial charge in [-0.1, -0.05) is 26.0 Å². The summed E-state index contributed by atoms with van der Waals surface area (Å²) >= 11 is 0. The molecule has 158 valence electrons. The largest absolute Gasteiger partial charge is 0.490 e. The molecule has 0 bridgehead atoms. The van der Waals surface area contributed by atoms with Crippen LogP contribution in [0.1, 0.15) is 43.4 Å². The van der Waals surface area contributed by atoms with Gasteiger partial charge in [0, 0.05) is 0 Å². The molecule has 0 spiro atoms. The Hall–Kier alpha value is -3.35. The van der Waals surface area contributed by atoms with Crippen LogP contribution < -0.4 is 14.2 Å². The minimum atomic E-state index is 0.401. The standard InChI is InChI=1S/C23H28N4O3/c1-5-28-23-13-19(14-26-27-15-24-25-16-27)7-9-21(23)29-10-11-30-22-12-18(4)6-8-20(22)17(2)3/h6-9,12-17H,5,10-11H2,1-4H3. The lowest BCUT2D eigenvalue weighted by Crippen LogP contribution is -2.11. The molecule has 0 aliphatic heterocycles. The second-order valence-electron chi connectivity index (χ2n) is 7.12. The van der Waals surface area contributed by atoms with E-state index in [1.165, 1.54) is 28.5 Å². The van der Waals surface area contributed by atoms with Gasteiger partial charge in [0.15, 0.2) is 11.5 Å². The quantitative estimate of drug-likeness (QED) is 0.366. The molecule has 0 atom stereocenters. The number of benzene rings is 2. The monoisotopic (exact) mass is 408 g/mol. The van der Waals surface area contributed by atoms with E-state index in [1.807, 2.05) is 25.1 Å². The van der Waals surface area contributed by atoms with Crippen LogP contribution in [-0.4, -0.2) is 40.9 Å². The highest BCUT2D eigenvalue weighted by Crippen LogP contribution is 2.29. The van der Waals surface area contributed by atoms with Gasteiger partial charge in [-0.15, -0.1) is 10.2 Å². The maximum atomic E-state index is 6.00. The molecule has 30 heavy (non-hydrogen) atoms. The summed E-state index contributed by atoms with van der Waals surface area (Å²) in [7, 11) is 0. The van der Waals surface area contributed by atoms with Crippen LogP contribution in [0.3, 0.4) is 0 Å². The Labute approximate surface area is 177 Å². The number of aromatic nitrogens is 3. The zero-order chi connectivity index (χ0) is 21.3. The second-order valence-corrected chi connectivity index (χ2v) is 7.12. The molecule has 2 aromatic carbocycles. The van der Waals surface area contributed by atoms with Crippen molar-refractivity contribution in [3.05, 3.63) is 65.7 Å². The molecule has 3 rings (SSSR count). The van der Waals surface area contributed by atoms with Crippen LogP contribution >= 0.6 is 0 Å². The Morgan fingerprint density at radius 1 is 0.933 bits per heavy atom. The molecule has 0 N–H and O–H groups in total. The molecule has 3 aromatic rings. The summed E-state index contributed by atoms with van der Waals surface area (Å²) in [6, 6.07) is 12.0. The van der Waals surface area contributed by atoms with E-state index < -0.39 is 0 Å². The number of rotatable bonds is 10. The third-order valence-electron chi connectivity index (χ3n) is 4.40. The van der Waals surface area contributed by atoms with E-state index >= 15 is 0 Å². The van der Waals surface area contributed by atoms with Gasteiger partial charge in [-0.2, -0.15) is 5.10 Å². The third kappa shape index (κ3) is 5.83. The predicted octanol–water partition coefficient (Wildman–Crippen LogP) is 4.45. The van der Waals surface area contributed by atoms with Crippen molar-refractivity contribution in [1.82, 2.24) is 14.9 Å². The average Bonchev–Trinajstić information content (AvgIpc) is 3.24. The Kier molecular flexibility index (Phi) is 7.43. The van der Waals surface area contributed by atoms with Crippen molar-refractivity contribution in [1.29, 1.82) is 0 Å². The lowest BCUT2D eigenvalue weighted by molar-refractivity contribution is 0.207. The zero-order valence-corrected chi connectivity index (χ0v) is 17.9. The first-order valence-electron chi connectivity index (χ1n) is 10.1. The number of nitrogens with zero attached hydrogens (tertiary/aromatic N) is 4. The smallest absolute Gasteiger partial charge is 0.161 e. The molecular weight excluding hydrogens is 380 g/mol. The zero-order valence-electron chi connectivity index (χ0n) is 17.9. The van der Waals surface area contributed by atoms with Gasteiger partial charge in [-0.3, -0.25) is 0 Å². The van der Waals surface area contributed by atoms with Gasteiger partial charge in [-0.05, 0) is 60.7 Å². The van der Waals surface area contributed by atoms with Crippen LogP contribution in [0.25, 0.3) is 0 Å². The summed E-state index contributed by atoms with van der Waals surface area (Å²) in [6.45, 7) is 9.74. The first-order chi connectivity index (χ1) is 14.6. The van der Waals surface area contributed by atoms with Gasteiger partial charge in [0.1, 0.15) is 31.6 Å². The highest BCUT2D eigenvalue weighted by atomic mass is 16.5. The van der Waals surface area contributed by atoms with Crippen molar-refractivity contribution in [2.24, 2.45) is 5.10 Å². The van der Waals surface area contributed by atoms with Gasteiger partial charge in [0.05, 0.1) is 12.8 Å². The summed E-state index contributed by atoms with van der Waals surface area (Å²) in [5.74, 6) is 2.66. The topological polar surface area (TPSA) is 70.8 Å². The Balaban J connectivity index is 1.61. The molecule has 0 saturated carbocycles. The fraction of sp³-hybridized carbons (Fsp3) is 0.348. The van der Waals surface area contributed by atoms with Crippen molar-refractivity contribution in [3.63, 3.8) is 0 Å². The maximum absolute atomic E-state index is 6.00. The second kappa shape index (κ2) is 10.4. The van der Waals surface area contributed by atoms with Crippen LogP contribution in [0, 0.1) is 6.92 Å². The molecular formula is C23H28N4O3. The first kappa shape index (κ1) is 21.4. The molecule has 0 aliphatic rings. The first-order valence-corrected chi connectivity index (χ1v) is 10.1. The fourth-order valence-electron chi connectivity index (χ4n) is 2.93. The Morgan fingerprint density at radius 3 is 2.37 bits per heavy atom. The highest BCUT2D eigenvalue weighted by molar-refractivity contribution is 5.80. The molecule has 0 fully saturated rings. The molecule has 1 heterocycles. The van der Waals surface area contributed by atoms with E-state index in [4.69, 9.17) is 14.2 Å². The van der Waals surface area contributed by atoms with Crippen molar-refractivity contribution in [2.45, 2.75) is 33.6 Å². The molecule has 1 aromatic heterocycles. The van der Waals surface area contributed by atoms with Gasteiger partial charge in [0.2, 0.25) is 0 Å². The van der Waals surface area contributed by atoms with Crippen LogP contribution in [0.5, 0.6) is 17.2 Å². The summed E-state index contributed by atoms with van der Waals surface area (Å²) < 4.78 is 19.2. The van der Waals surface area contributed by atoms with E-state index in [0.717, 1.165) is 11.3 Å². The van der Waals surface area contributed by atoms with Gasteiger partial charge >= 0.3 is 0 Å². The van der Waals surface area contributed by atoms with Crippen molar-refractivity contribution in [3.8, 4) is 17.2 Å². The average molecular weight is 409 g/mol. The Bertz CT molecular complexity index is 969. The van der Waals surface area contributed by atoms with Crippen LogP contribution in [0.4, 0.5) is 0 Å². The molecule has 0 unspecified atom stereocenters. The number of hydrogen-bond donors (Lipinski definition) is 0. The van der Waals surface area contributed by atoms with Crippen molar-refractivity contribution in [2.75, 3.05) is 19.8 Å². The van der Waals surface area contributed by atoms with Gasteiger partial charge < -0.3 is 14.2 Å². The molecule has 7 nitrogen and oxygen atoms in total. The van der Waals surface area contributed by atoms with E-state index in [0.29, 0.717) is 37.2 Å². The summed E-state index contributed by atoms with van der Waals surface area (Å²) in [5, 5.41) is 11.7. The molecule has 0 aliphatic carbocycles. The Morgan fingerprint density at radius 2 is 1.67 bits per heavy atom. The SMILES string of the molecule is CCOc1cc(C=Nn2cnnc2)ccc1OCCOc1cc(C)ccc1C(C)C. The van der Waals surface area contributed by atoms with E-state index in [2.05, 4.69) is 54.3 Å². The molecule has 0 amide bonds. The predicted molar refractivity (Wildman–Crippen MR) is 117 cm³/mol. The van der Waals surface area contributed by atoms with Gasteiger partial charge in [0.25, 0.3) is 0 Å². The molecule has 0 radical (unpaired) electrons. The minimum absolute atomic E-state index is 0.401. The minimum Gasteiger partial charge on any atom is -0.490 e. The number of ether oxygens (including phenoxy) is 3. The van der Waals surface area contributed by atoms with Crippen LogP contribution in [0.15, 0.2) is 54.2 Å². The van der Waals surface area contributed by atoms with E-state index in [1.54, 1.807) is 6.21 Å². The third-order valence-corrected chi connectivity index (χ3v) is 4.40. The lowest BCUT2D eigenvalue weighted by atomic mass is 10.0. The summed E-state index contributed by atoms with van der Waals surface area (Å²) in [5.41, 5.74) is 3.27. The maximum Gasteiger partial charge on any atom is 0.161 e. The summed E-state index contributed by atoms with van der Waals surface area (Å²) in [4.78, 5) is 0. The number of aryl methyl sites for hydroxylation is 1. The molecule has 7 heteroatoms. The van der Waals surface area contributed by atoms with E-state index in [-0.39, 0.29) is 0 Å². The molecule has 0 saturated heterocycles. The lowest BCUT2D eigenvalue weighted by Gasteiger charge is -2.16.